The molecule has 32 heavy (non-hydrogen) atoms. The lowest BCUT2D eigenvalue weighted by Gasteiger charge is -2.12. The average molecular weight is 436 g/mol. The first-order chi connectivity index (χ1) is 15.4. The van der Waals surface area contributed by atoms with Crippen LogP contribution in [0.15, 0.2) is 47.1 Å². The van der Waals surface area contributed by atoms with Crippen LogP contribution in [0.4, 0.5) is 0 Å². The number of allylic oxidation sites excluding steroid dienone is 1. The zero-order chi connectivity index (χ0) is 23.1. The van der Waals surface area contributed by atoms with Gasteiger partial charge in [-0.3, -0.25) is 4.79 Å². The summed E-state index contributed by atoms with van der Waals surface area (Å²) in [5.41, 5.74) is 7.08. The van der Waals surface area contributed by atoms with Crippen LogP contribution < -0.4 is 10.1 Å². The molecule has 1 amide bonds. The van der Waals surface area contributed by atoms with Gasteiger partial charge >= 0.3 is 0 Å². The SMILES string of the molecule is CCOCCCNC(=O)/C=C(\C)c1cc2c(-c3ccc(C)cc3C)coc2cc1OCC. The molecule has 5 heteroatoms. The van der Waals surface area contributed by atoms with Crippen molar-refractivity contribution in [3.8, 4) is 16.9 Å². The number of ether oxygens (including phenoxy) is 2. The van der Waals surface area contributed by atoms with E-state index in [9.17, 15) is 4.79 Å². The molecule has 0 spiro atoms. The molecule has 0 fully saturated rings. The lowest BCUT2D eigenvalue weighted by molar-refractivity contribution is -0.116. The topological polar surface area (TPSA) is 60.7 Å². The number of hydrogen-bond donors (Lipinski definition) is 1. The highest BCUT2D eigenvalue weighted by Crippen LogP contribution is 2.38. The van der Waals surface area contributed by atoms with Crippen LogP contribution in [0.25, 0.3) is 27.7 Å². The van der Waals surface area contributed by atoms with Gasteiger partial charge in [0.1, 0.15) is 11.3 Å². The predicted octanol–water partition coefficient (Wildman–Crippen LogP) is 6.06. The fraction of sp³-hybridized carbons (Fsp3) is 0.370. The quantitative estimate of drug-likeness (QED) is 0.310. The Hall–Kier alpha value is -3.05. The lowest BCUT2D eigenvalue weighted by Crippen LogP contribution is -2.23. The second-order valence-corrected chi connectivity index (χ2v) is 7.91. The van der Waals surface area contributed by atoms with Gasteiger partial charge in [-0.1, -0.05) is 23.8 Å². The first-order valence-corrected chi connectivity index (χ1v) is 11.2. The van der Waals surface area contributed by atoms with E-state index in [1.165, 1.54) is 11.1 Å². The fourth-order valence-corrected chi connectivity index (χ4v) is 3.82. The minimum absolute atomic E-state index is 0.122. The first kappa shape index (κ1) is 23.6. The van der Waals surface area contributed by atoms with Crippen molar-refractivity contribution in [2.24, 2.45) is 0 Å². The molecule has 0 radical (unpaired) electrons. The lowest BCUT2D eigenvalue weighted by atomic mass is 9.96. The molecule has 2 aromatic carbocycles. The number of fused-ring (bicyclic) bond motifs is 1. The van der Waals surface area contributed by atoms with Gasteiger partial charge in [0.05, 0.1) is 12.9 Å². The Labute approximate surface area is 190 Å². The predicted molar refractivity (Wildman–Crippen MR) is 130 cm³/mol. The van der Waals surface area contributed by atoms with Crippen LogP contribution in [0.2, 0.25) is 0 Å². The first-order valence-electron chi connectivity index (χ1n) is 11.2. The molecule has 1 heterocycles. The molecule has 0 aliphatic heterocycles. The van der Waals surface area contributed by atoms with Crippen LogP contribution >= 0.6 is 0 Å². The van der Waals surface area contributed by atoms with Gasteiger partial charge in [-0.25, -0.2) is 0 Å². The van der Waals surface area contributed by atoms with Gasteiger partial charge in [-0.05, 0) is 63.8 Å². The van der Waals surface area contributed by atoms with E-state index >= 15 is 0 Å². The van der Waals surface area contributed by atoms with Crippen molar-refractivity contribution < 1.29 is 18.7 Å². The second kappa shape index (κ2) is 11.0. The maximum Gasteiger partial charge on any atom is 0.244 e. The minimum atomic E-state index is -0.122. The molecule has 0 saturated carbocycles. The molecule has 0 bridgehead atoms. The van der Waals surface area contributed by atoms with E-state index in [1.807, 2.05) is 26.8 Å². The Morgan fingerprint density at radius 2 is 1.91 bits per heavy atom. The molecule has 3 rings (SSSR count). The molecule has 1 N–H and O–H groups in total. The zero-order valence-electron chi connectivity index (χ0n) is 19.7. The van der Waals surface area contributed by atoms with Gasteiger partial charge < -0.3 is 19.2 Å². The normalized spacial score (nSPS) is 11.7. The van der Waals surface area contributed by atoms with E-state index in [4.69, 9.17) is 13.9 Å². The van der Waals surface area contributed by atoms with Crippen molar-refractivity contribution in [2.75, 3.05) is 26.4 Å². The van der Waals surface area contributed by atoms with Crippen LogP contribution in [0, 0.1) is 13.8 Å². The van der Waals surface area contributed by atoms with Crippen LogP contribution in [0.5, 0.6) is 5.75 Å². The molecule has 0 unspecified atom stereocenters. The number of benzene rings is 2. The third-order valence-corrected chi connectivity index (χ3v) is 5.39. The molecule has 0 aliphatic rings. The number of hydrogen-bond acceptors (Lipinski definition) is 4. The molecule has 3 aromatic rings. The van der Waals surface area contributed by atoms with E-state index < -0.39 is 0 Å². The Balaban J connectivity index is 1.94. The largest absolute Gasteiger partial charge is 0.493 e. The number of furan rings is 1. The van der Waals surface area contributed by atoms with Crippen molar-refractivity contribution in [3.63, 3.8) is 0 Å². The standard InChI is InChI=1S/C27H33NO4/c1-6-30-12-8-11-28-27(29)14-20(5)22-15-23-24(21-10-9-18(3)13-19(21)4)17-32-26(23)16-25(22)31-7-2/h9-10,13-17H,6-8,11-12H2,1-5H3,(H,28,29)/b20-14+. The number of aryl methyl sites for hydroxylation is 2. The van der Waals surface area contributed by atoms with Crippen molar-refractivity contribution in [1.82, 2.24) is 5.32 Å². The molecular formula is C27H33NO4. The van der Waals surface area contributed by atoms with Crippen molar-refractivity contribution in [2.45, 2.75) is 41.0 Å². The maximum absolute atomic E-state index is 12.4. The fourth-order valence-electron chi connectivity index (χ4n) is 3.82. The Kier molecular flexibility index (Phi) is 8.12. The number of rotatable bonds is 10. The summed E-state index contributed by atoms with van der Waals surface area (Å²) in [6.45, 7) is 12.5. The maximum atomic E-state index is 12.4. The van der Waals surface area contributed by atoms with Gasteiger partial charge in [0.15, 0.2) is 0 Å². The Morgan fingerprint density at radius 3 is 2.62 bits per heavy atom. The summed E-state index contributed by atoms with van der Waals surface area (Å²) in [4.78, 5) is 12.4. The Bertz CT molecular complexity index is 1110. The summed E-state index contributed by atoms with van der Waals surface area (Å²) in [6, 6.07) is 10.4. The highest BCUT2D eigenvalue weighted by Gasteiger charge is 2.16. The average Bonchev–Trinajstić information content (AvgIpc) is 3.16. The smallest absolute Gasteiger partial charge is 0.244 e. The van der Waals surface area contributed by atoms with Crippen molar-refractivity contribution in [1.29, 1.82) is 0 Å². The van der Waals surface area contributed by atoms with Crippen LogP contribution in [0.1, 0.15) is 43.9 Å². The molecule has 0 atom stereocenters. The number of amides is 1. The molecule has 1 aromatic heterocycles. The van der Waals surface area contributed by atoms with Crippen LogP contribution in [0.3, 0.4) is 0 Å². The summed E-state index contributed by atoms with van der Waals surface area (Å²) in [5, 5.41) is 3.92. The summed E-state index contributed by atoms with van der Waals surface area (Å²) in [6.07, 6.45) is 4.21. The third-order valence-electron chi connectivity index (χ3n) is 5.39. The van der Waals surface area contributed by atoms with E-state index in [0.29, 0.717) is 32.1 Å². The monoisotopic (exact) mass is 435 g/mol. The molecule has 5 nitrogen and oxygen atoms in total. The molecule has 0 saturated heterocycles. The van der Waals surface area contributed by atoms with E-state index in [-0.39, 0.29) is 5.91 Å². The van der Waals surface area contributed by atoms with E-state index in [2.05, 4.69) is 43.4 Å². The van der Waals surface area contributed by atoms with Gasteiger partial charge in [0.2, 0.25) is 5.91 Å². The zero-order valence-corrected chi connectivity index (χ0v) is 19.7. The summed E-state index contributed by atoms with van der Waals surface area (Å²) >= 11 is 0. The third kappa shape index (κ3) is 5.60. The van der Waals surface area contributed by atoms with Crippen LogP contribution in [-0.4, -0.2) is 32.3 Å². The van der Waals surface area contributed by atoms with Crippen molar-refractivity contribution >= 4 is 22.4 Å². The highest BCUT2D eigenvalue weighted by atomic mass is 16.5. The minimum Gasteiger partial charge on any atom is -0.493 e. The number of carbonyl (C=O) groups excluding carboxylic acids is 1. The van der Waals surface area contributed by atoms with Gasteiger partial charge in [-0.15, -0.1) is 0 Å². The van der Waals surface area contributed by atoms with Gasteiger partial charge in [0.25, 0.3) is 0 Å². The van der Waals surface area contributed by atoms with Crippen LogP contribution in [-0.2, 0) is 9.53 Å². The van der Waals surface area contributed by atoms with Crippen molar-refractivity contribution in [3.05, 3.63) is 59.4 Å². The molecule has 170 valence electrons. The van der Waals surface area contributed by atoms with Gasteiger partial charge in [-0.2, -0.15) is 0 Å². The summed E-state index contributed by atoms with van der Waals surface area (Å²) in [5.74, 6) is 0.586. The highest BCUT2D eigenvalue weighted by molar-refractivity contribution is 6.00. The van der Waals surface area contributed by atoms with E-state index in [0.717, 1.165) is 39.7 Å². The molecule has 0 aliphatic carbocycles. The summed E-state index contributed by atoms with van der Waals surface area (Å²) < 4.78 is 17.1. The summed E-state index contributed by atoms with van der Waals surface area (Å²) in [7, 11) is 0. The van der Waals surface area contributed by atoms with E-state index in [1.54, 1.807) is 12.3 Å². The molecular weight excluding hydrogens is 402 g/mol. The van der Waals surface area contributed by atoms with Gasteiger partial charge in [0, 0.05) is 48.4 Å². The number of nitrogens with one attached hydrogen (secondary N) is 1. The second-order valence-electron chi connectivity index (χ2n) is 7.91. The number of carbonyl (C=O) groups is 1. The Morgan fingerprint density at radius 1 is 1.09 bits per heavy atom.